The molecular formula is C23H14F3NO4. The number of anilines is 1. The maximum absolute atomic E-state index is 14.5. The Kier molecular flexibility index (Phi) is 4.98. The van der Waals surface area contributed by atoms with E-state index in [9.17, 15) is 33.0 Å². The molecule has 8 heteroatoms. The second-order valence-electron chi connectivity index (χ2n) is 6.87. The van der Waals surface area contributed by atoms with E-state index in [0.29, 0.717) is 0 Å². The highest BCUT2D eigenvalue weighted by atomic mass is 19.1. The second kappa shape index (κ2) is 7.64. The normalized spacial score (nSPS) is 17.9. The molecule has 4 rings (SSSR count). The highest BCUT2D eigenvalue weighted by molar-refractivity contribution is 6.51. The molecule has 1 fully saturated rings. The van der Waals surface area contributed by atoms with Gasteiger partial charge in [0.2, 0.25) is 0 Å². The summed E-state index contributed by atoms with van der Waals surface area (Å²) in [7, 11) is 0. The van der Waals surface area contributed by atoms with Crippen LogP contribution < -0.4 is 4.90 Å². The Labute approximate surface area is 174 Å². The fourth-order valence-corrected chi connectivity index (χ4v) is 3.52. The first kappa shape index (κ1) is 20.2. The van der Waals surface area contributed by atoms with E-state index >= 15 is 0 Å². The zero-order valence-electron chi connectivity index (χ0n) is 15.7. The molecule has 1 aliphatic heterocycles. The van der Waals surface area contributed by atoms with Crippen LogP contribution in [-0.4, -0.2) is 21.9 Å². The van der Waals surface area contributed by atoms with Gasteiger partial charge in [0, 0.05) is 11.6 Å². The van der Waals surface area contributed by atoms with E-state index in [1.165, 1.54) is 36.4 Å². The van der Waals surface area contributed by atoms with Gasteiger partial charge in [-0.3, -0.25) is 14.5 Å². The first-order chi connectivity index (χ1) is 14.8. The minimum Gasteiger partial charge on any atom is -0.508 e. The van der Waals surface area contributed by atoms with Crippen LogP contribution in [0.25, 0.3) is 5.76 Å². The minimum absolute atomic E-state index is 0.0456. The van der Waals surface area contributed by atoms with Gasteiger partial charge in [-0.2, -0.15) is 0 Å². The summed E-state index contributed by atoms with van der Waals surface area (Å²) in [6.45, 7) is 0. The second-order valence-corrected chi connectivity index (χ2v) is 6.87. The Hall–Kier alpha value is -4.07. The third kappa shape index (κ3) is 3.52. The number of aromatic hydroxyl groups is 1. The van der Waals surface area contributed by atoms with E-state index in [1.54, 1.807) is 0 Å². The van der Waals surface area contributed by atoms with Crippen LogP contribution in [0.5, 0.6) is 5.75 Å². The number of hydrogen-bond acceptors (Lipinski definition) is 4. The Morgan fingerprint density at radius 3 is 2.23 bits per heavy atom. The zero-order chi connectivity index (χ0) is 22.3. The Balaban J connectivity index is 1.99. The molecule has 3 aromatic rings. The molecule has 1 aliphatic rings. The number of amides is 1. The van der Waals surface area contributed by atoms with Crippen molar-refractivity contribution in [2.75, 3.05) is 4.90 Å². The van der Waals surface area contributed by atoms with Crippen molar-refractivity contribution in [3.63, 3.8) is 0 Å². The molecule has 3 aromatic carbocycles. The van der Waals surface area contributed by atoms with E-state index in [4.69, 9.17) is 0 Å². The lowest BCUT2D eigenvalue weighted by molar-refractivity contribution is -0.132. The summed E-state index contributed by atoms with van der Waals surface area (Å²) < 4.78 is 41.7. The molecule has 0 aromatic heterocycles. The SMILES string of the molecule is O=C1C(=O)N(c2cc(F)ccc2F)C(c2cccc(O)c2)/C1=C(\O)c1ccc(F)cc1. The van der Waals surface area contributed by atoms with Gasteiger partial charge < -0.3 is 10.2 Å². The van der Waals surface area contributed by atoms with Crippen molar-refractivity contribution in [2.24, 2.45) is 0 Å². The molecule has 0 saturated carbocycles. The number of carbonyl (C=O) groups is 2. The molecule has 1 amide bonds. The van der Waals surface area contributed by atoms with Crippen molar-refractivity contribution in [2.45, 2.75) is 6.04 Å². The van der Waals surface area contributed by atoms with Crippen LogP contribution in [0, 0.1) is 17.5 Å². The summed E-state index contributed by atoms with van der Waals surface area (Å²) >= 11 is 0. The summed E-state index contributed by atoms with van der Waals surface area (Å²) in [6.07, 6.45) is 0. The molecule has 0 aliphatic carbocycles. The molecule has 1 atom stereocenters. The van der Waals surface area contributed by atoms with Crippen molar-refractivity contribution < 1.29 is 33.0 Å². The van der Waals surface area contributed by atoms with Crippen LogP contribution in [0.2, 0.25) is 0 Å². The largest absolute Gasteiger partial charge is 0.508 e. The monoisotopic (exact) mass is 425 g/mol. The van der Waals surface area contributed by atoms with E-state index in [1.807, 2.05) is 0 Å². The molecule has 1 heterocycles. The third-order valence-corrected chi connectivity index (χ3v) is 4.92. The number of aliphatic hydroxyl groups is 1. The molecule has 1 unspecified atom stereocenters. The highest BCUT2D eigenvalue weighted by Crippen LogP contribution is 2.43. The van der Waals surface area contributed by atoms with Gasteiger partial charge in [-0.05, 0) is 54.1 Å². The predicted molar refractivity (Wildman–Crippen MR) is 106 cm³/mol. The molecule has 31 heavy (non-hydrogen) atoms. The van der Waals surface area contributed by atoms with E-state index < -0.39 is 52.2 Å². The lowest BCUT2D eigenvalue weighted by Gasteiger charge is -2.26. The van der Waals surface area contributed by atoms with Gasteiger partial charge in [0.15, 0.2) is 0 Å². The van der Waals surface area contributed by atoms with Gasteiger partial charge in [-0.1, -0.05) is 12.1 Å². The van der Waals surface area contributed by atoms with Crippen LogP contribution in [0.15, 0.2) is 72.3 Å². The number of ketones is 1. The maximum Gasteiger partial charge on any atom is 0.300 e. The molecule has 5 nitrogen and oxygen atoms in total. The summed E-state index contributed by atoms with van der Waals surface area (Å²) in [5, 5.41) is 20.7. The number of carbonyl (C=O) groups excluding carboxylic acids is 2. The average molecular weight is 425 g/mol. The van der Waals surface area contributed by atoms with Crippen LogP contribution in [0.4, 0.5) is 18.9 Å². The number of Topliss-reactive ketones (excluding diaryl/α,β-unsaturated/α-hetero) is 1. The first-order valence-electron chi connectivity index (χ1n) is 9.09. The van der Waals surface area contributed by atoms with Crippen LogP contribution in [0.3, 0.4) is 0 Å². The number of aliphatic hydroxyl groups excluding tert-OH is 1. The van der Waals surface area contributed by atoms with Gasteiger partial charge in [0.1, 0.15) is 29.0 Å². The number of phenols is 1. The lowest BCUT2D eigenvalue weighted by Crippen LogP contribution is -2.30. The van der Waals surface area contributed by atoms with Crippen LogP contribution in [-0.2, 0) is 9.59 Å². The predicted octanol–water partition coefficient (Wildman–Crippen LogP) is 4.44. The van der Waals surface area contributed by atoms with Crippen molar-refractivity contribution in [1.82, 2.24) is 0 Å². The lowest BCUT2D eigenvalue weighted by atomic mass is 9.95. The van der Waals surface area contributed by atoms with Crippen molar-refractivity contribution >= 4 is 23.1 Å². The van der Waals surface area contributed by atoms with Gasteiger partial charge in [-0.15, -0.1) is 0 Å². The minimum atomic E-state index is -1.37. The van der Waals surface area contributed by atoms with Gasteiger partial charge >= 0.3 is 0 Å². The fraction of sp³-hybridized carbons (Fsp3) is 0.0435. The fourth-order valence-electron chi connectivity index (χ4n) is 3.52. The molecular weight excluding hydrogens is 411 g/mol. The number of benzene rings is 3. The molecule has 0 radical (unpaired) electrons. The molecule has 156 valence electrons. The Morgan fingerprint density at radius 1 is 0.871 bits per heavy atom. The van der Waals surface area contributed by atoms with Crippen molar-refractivity contribution in [1.29, 1.82) is 0 Å². The zero-order valence-corrected chi connectivity index (χ0v) is 15.7. The number of rotatable bonds is 3. The number of halogens is 3. The number of nitrogens with zero attached hydrogens (tertiary/aromatic N) is 1. The van der Waals surface area contributed by atoms with E-state index in [2.05, 4.69) is 0 Å². The summed E-state index contributed by atoms with van der Waals surface area (Å²) in [5.41, 5.74) is -0.699. The van der Waals surface area contributed by atoms with Crippen molar-refractivity contribution in [3.05, 3.63) is 101 Å². The van der Waals surface area contributed by atoms with Crippen molar-refractivity contribution in [3.8, 4) is 5.75 Å². The third-order valence-electron chi connectivity index (χ3n) is 4.92. The van der Waals surface area contributed by atoms with E-state index in [0.717, 1.165) is 35.2 Å². The Morgan fingerprint density at radius 2 is 1.55 bits per heavy atom. The average Bonchev–Trinajstić information content (AvgIpc) is 3.00. The Bertz CT molecular complexity index is 1240. The standard InChI is InChI=1S/C23H14F3NO4/c24-14-6-4-12(5-7-14)21(29)19-20(13-2-1-3-16(28)10-13)27(23(31)22(19)30)18-11-15(25)8-9-17(18)26/h1-11,20,28-29H/b21-19+. The van der Waals surface area contributed by atoms with Gasteiger partial charge in [-0.25, -0.2) is 13.2 Å². The van der Waals surface area contributed by atoms with Gasteiger partial charge in [0.05, 0.1) is 17.3 Å². The number of phenolic OH excluding ortho intramolecular Hbond substituents is 1. The maximum atomic E-state index is 14.5. The van der Waals surface area contributed by atoms with Crippen LogP contribution in [0.1, 0.15) is 17.2 Å². The first-order valence-corrected chi connectivity index (χ1v) is 9.09. The summed E-state index contributed by atoms with van der Waals surface area (Å²) in [6, 6.07) is 11.1. The quantitative estimate of drug-likeness (QED) is 0.370. The van der Waals surface area contributed by atoms with Gasteiger partial charge in [0.25, 0.3) is 11.7 Å². The number of hydrogen-bond donors (Lipinski definition) is 2. The molecule has 2 N–H and O–H groups in total. The molecule has 0 spiro atoms. The van der Waals surface area contributed by atoms with Crippen LogP contribution >= 0.6 is 0 Å². The topological polar surface area (TPSA) is 77.8 Å². The molecule has 0 bridgehead atoms. The summed E-state index contributed by atoms with van der Waals surface area (Å²) in [4.78, 5) is 26.5. The van der Waals surface area contributed by atoms with E-state index in [-0.39, 0.29) is 16.9 Å². The smallest absolute Gasteiger partial charge is 0.300 e. The summed E-state index contributed by atoms with van der Waals surface area (Å²) in [5.74, 6) is -5.54. The molecule has 1 saturated heterocycles. The highest BCUT2D eigenvalue weighted by Gasteiger charge is 2.47.